The van der Waals surface area contributed by atoms with Gasteiger partial charge in [-0.05, 0) is 30.8 Å². The van der Waals surface area contributed by atoms with Gasteiger partial charge in [0.25, 0.3) is 0 Å². The molecule has 3 rings (SSSR count). The molecule has 0 unspecified atom stereocenters. The van der Waals surface area contributed by atoms with Gasteiger partial charge in [-0.1, -0.05) is 47.6 Å². The van der Waals surface area contributed by atoms with Crippen molar-refractivity contribution in [3.05, 3.63) is 53.1 Å². The highest BCUT2D eigenvalue weighted by molar-refractivity contribution is 8.01. The zero-order valence-corrected chi connectivity index (χ0v) is 13.3. The summed E-state index contributed by atoms with van der Waals surface area (Å²) in [5.41, 5.74) is 2.24. The Hall–Kier alpha value is -1.07. The summed E-state index contributed by atoms with van der Waals surface area (Å²) in [4.78, 5) is 5.74. The minimum Gasteiger partial charge on any atom is -0.316 e. The number of benzene rings is 2. The first kappa shape index (κ1) is 13.9. The molecule has 0 spiro atoms. The molecule has 1 heterocycles. The summed E-state index contributed by atoms with van der Waals surface area (Å²) in [5, 5.41) is 3.95. The number of rotatable bonds is 4. The number of nitrogens with zero attached hydrogens (tertiary/aromatic N) is 1. The van der Waals surface area contributed by atoms with E-state index in [0.717, 1.165) is 26.3 Å². The topological polar surface area (TPSA) is 24.9 Å². The van der Waals surface area contributed by atoms with Crippen LogP contribution in [0.4, 0.5) is 0 Å². The van der Waals surface area contributed by atoms with Crippen molar-refractivity contribution >= 4 is 44.9 Å². The Morgan fingerprint density at radius 3 is 2.85 bits per heavy atom. The van der Waals surface area contributed by atoms with Crippen molar-refractivity contribution in [1.29, 1.82) is 0 Å². The lowest BCUT2D eigenvalue weighted by Crippen LogP contribution is -2.06. The second-order valence-electron chi connectivity index (χ2n) is 4.31. The second kappa shape index (κ2) is 6.14. The Bertz CT molecular complexity index is 707. The summed E-state index contributed by atoms with van der Waals surface area (Å²) >= 11 is 9.68. The maximum Gasteiger partial charge on any atom is 0.155 e. The van der Waals surface area contributed by atoms with Crippen molar-refractivity contribution in [3.8, 4) is 0 Å². The molecule has 0 fully saturated rings. The van der Waals surface area contributed by atoms with Crippen LogP contribution in [-0.2, 0) is 6.54 Å². The largest absolute Gasteiger partial charge is 0.316 e. The molecule has 0 saturated carbocycles. The fourth-order valence-corrected chi connectivity index (χ4v) is 4.43. The van der Waals surface area contributed by atoms with Gasteiger partial charge in [0, 0.05) is 11.4 Å². The van der Waals surface area contributed by atoms with E-state index in [1.165, 1.54) is 10.3 Å². The third-order valence-corrected chi connectivity index (χ3v) is 5.59. The van der Waals surface area contributed by atoms with Crippen LogP contribution in [0.1, 0.15) is 5.56 Å². The van der Waals surface area contributed by atoms with Crippen molar-refractivity contribution in [2.45, 2.75) is 15.8 Å². The zero-order chi connectivity index (χ0) is 13.9. The first-order valence-electron chi connectivity index (χ1n) is 6.23. The maximum atomic E-state index is 6.34. The monoisotopic (exact) mass is 320 g/mol. The molecule has 0 atom stereocenters. The molecule has 0 radical (unpaired) electrons. The fourth-order valence-electron chi connectivity index (χ4n) is 1.98. The van der Waals surface area contributed by atoms with E-state index in [-0.39, 0.29) is 0 Å². The Morgan fingerprint density at radius 2 is 2.05 bits per heavy atom. The van der Waals surface area contributed by atoms with Crippen molar-refractivity contribution in [3.63, 3.8) is 0 Å². The van der Waals surface area contributed by atoms with Crippen LogP contribution in [0, 0.1) is 0 Å². The molecule has 0 saturated heterocycles. The molecule has 2 nitrogen and oxygen atoms in total. The first-order chi connectivity index (χ1) is 9.78. The van der Waals surface area contributed by atoms with Crippen LogP contribution in [0.2, 0.25) is 5.02 Å². The minimum atomic E-state index is 0.780. The molecule has 1 aromatic heterocycles. The summed E-state index contributed by atoms with van der Waals surface area (Å²) in [6, 6.07) is 14.2. The van der Waals surface area contributed by atoms with Crippen molar-refractivity contribution in [1.82, 2.24) is 10.3 Å². The van der Waals surface area contributed by atoms with Crippen molar-refractivity contribution in [2.75, 3.05) is 7.05 Å². The summed E-state index contributed by atoms with van der Waals surface area (Å²) in [7, 11) is 1.94. The molecule has 5 heteroatoms. The molecule has 0 aliphatic carbocycles. The minimum absolute atomic E-state index is 0.780. The van der Waals surface area contributed by atoms with E-state index < -0.39 is 0 Å². The van der Waals surface area contributed by atoms with Crippen LogP contribution in [0.5, 0.6) is 0 Å². The molecule has 0 aliphatic rings. The molecular weight excluding hydrogens is 308 g/mol. The number of hydrogen-bond donors (Lipinski definition) is 1. The molecular formula is C15H13ClN2S2. The molecule has 1 N–H and O–H groups in total. The van der Waals surface area contributed by atoms with Gasteiger partial charge >= 0.3 is 0 Å². The summed E-state index contributed by atoms with van der Waals surface area (Å²) in [5.74, 6) is 0. The van der Waals surface area contributed by atoms with Gasteiger partial charge in [0.05, 0.1) is 15.2 Å². The van der Waals surface area contributed by atoms with Crippen LogP contribution in [0.3, 0.4) is 0 Å². The summed E-state index contributed by atoms with van der Waals surface area (Å²) < 4.78 is 2.23. The molecule has 0 bridgehead atoms. The summed E-state index contributed by atoms with van der Waals surface area (Å²) in [6.07, 6.45) is 0. The molecule has 102 valence electrons. The van der Waals surface area contributed by atoms with Gasteiger partial charge in [-0.3, -0.25) is 0 Å². The van der Waals surface area contributed by atoms with Gasteiger partial charge < -0.3 is 5.32 Å². The number of thiazole rings is 1. The van der Waals surface area contributed by atoms with E-state index in [1.54, 1.807) is 23.1 Å². The van der Waals surface area contributed by atoms with Crippen molar-refractivity contribution < 1.29 is 0 Å². The highest BCUT2D eigenvalue weighted by Crippen LogP contribution is 2.39. The SMILES string of the molecule is CNCc1cccc(Cl)c1Sc1nc2ccccc2s1. The predicted molar refractivity (Wildman–Crippen MR) is 88.0 cm³/mol. The molecule has 0 aliphatic heterocycles. The van der Waals surface area contributed by atoms with Gasteiger partial charge in [0.2, 0.25) is 0 Å². The van der Waals surface area contributed by atoms with Gasteiger partial charge in [-0.2, -0.15) is 0 Å². The fraction of sp³-hybridized carbons (Fsp3) is 0.133. The van der Waals surface area contributed by atoms with E-state index in [4.69, 9.17) is 11.6 Å². The summed E-state index contributed by atoms with van der Waals surface area (Å²) in [6.45, 7) is 0.799. The Kier molecular flexibility index (Phi) is 4.27. The smallest absolute Gasteiger partial charge is 0.155 e. The highest BCUT2D eigenvalue weighted by atomic mass is 35.5. The van der Waals surface area contributed by atoms with E-state index in [0.29, 0.717) is 0 Å². The second-order valence-corrected chi connectivity index (χ2v) is 7.00. The van der Waals surface area contributed by atoms with Crippen LogP contribution >= 0.6 is 34.7 Å². The van der Waals surface area contributed by atoms with E-state index in [2.05, 4.69) is 22.4 Å². The Labute approximate surface area is 131 Å². The standard InChI is InChI=1S/C15H13ClN2S2/c1-17-9-10-5-4-6-11(16)14(10)20-15-18-12-7-2-3-8-13(12)19-15/h2-8,17H,9H2,1H3. The van der Waals surface area contributed by atoms with Gasteiger partial charge in [-0.15, -0.1) is 11.3 Å². The average molecular weight is 321 g/mol. The lowest BCUT2D eigenvalue weighted by molar-refractivity contribution is 0.803. The number of hydrogen-bond acceptors (Lipinski definition) is 4. The van der Waals surface area contributed by atoms with E-state index >= 15 is 0 Å². The number of aromatic nitrogens is 1. The number of halogens is 1. The maximum absolute atomic E-state index is 6.34. The van der Waals surface area contributed by atoms with Crippen LogP contribution in [0.15, 0.2) is 51.7 Å². The zero-order valence-electron chi connectivity index (χ0n) is 10.9. The Morgan fingerprint density at radius 1 is 1.20 bits per heavy atom. The van der Waals surface area contributed by atoms with Gasteiger partial charge in [-0.25, -0.2) is 4.98 Å². The van der Waals surface area contributed by atoms with Gasteiger partial charge in [0.1, 0.15) is 0 Å². The normalized spacial score (nSPS) is 11.1. The third-order valence-electron chi connectivity index (χ3n) is 2.88. The van der Waals surface area contributed by atoms with Crippen LogP contribution < -0.4 is 5.32 Å². The number of fused-ring (bicyclic) bond motifs is 1. The average Bonchev–Trinajstić information content (AvgIpc) is 2.85. The van der Waals surface area contributed by atoms with Gasteiger partial charge in [0.15, 0.2) is 4.34 Å². The van der Waals surface area contributed by atoms with Crippen LogP contribution in [0.25, 0.3) is 10.2 Å². The molecule has 0 amide bonds. The number of para-hydroxylation sites is 1. The first-order valence-corrected chi connectivity index (χ1v) is 8.24. The quantitative estimate of drug-likeness (QED) is 0.746. The Balaban J connectivity index is 1.97. The number of nitrogens with one attached hydrogen (secondary N) is 1. The van der Waals surface area contributed by atoms with Crippen molar-refractivity contribution in [2.24, 2.45) is 0 Å². The molecule has 20 heavy (non-hydrogen) atoms. The lowest BCUT2D eigenvalue weighted by Gasteiger charge is -2.08. The lowest BCUT2D eigenvalue weighted by atomic mass is 10.2. The van der Waals surface area contributed by atoms with E-state index in [1.807, 2.05) is 37.4 Å². The highest BCUT2D eigenvalue weighted by Gasteiger charge is 2.11. The van der Waals surface area contributed by atoms with Crippen LogP contribution in [-0.4, -0.2) is 12.0 Å². The molecule has 3 aromatic rings. The predicted octanol–water partition coefficient (Wildman–Crippen LogP) is 4.82. The third kappa shape index (κ3) is 2.83. The van der Waals surface area contributed by atoms with E-state index in [9.17, 15) is 0 Å². The molecule has 2 aromatic carbocycles.